The van der Waals surface area contributed by atoms with E-state index in [2.05, 4.69) is 18.6 Å². The molecule has 3 atom stereocenters. The summed E-state index contributed by atoms with van der Waals surface area (Å²) >= 11 is 1.91. The first-order valence-corrected chi connectivity index (χ1v) is 7.12. The number of hydrogen-bond acceptors (Lipinski definition) is 3. The Hall–Kier alpha value is 0.270. The maximum Gasteiger partial charge on any atom is 0.0246 e. The molecule has 1 aliphatic rings. The van der Waals surface area contributed by atoms with E-state index in [0.717, 1.165) is 11.8 Å². The molecule has 0 aromatic rings. The maximum atomic E-state index is 5.63. The smallest absolute Gasteiger partial charge is 0.0246 e. The molecule has 0 saturated heterocycles. The molecule has 0 heterocycles. The minimum absolute atomic E-state index is 0.546. The fourth-order valence-corrected chi connectivity index (χ4v) is 3.04. The molecule has 1 fully saturated rings. The van der Waals surface area contributed by atoms with E-state index in [9.17, 15) is 0 Å². The van der Waals surface area contributed by atoms with Crippen LogP contribution in [0.5, 0.6) is 0 Å². The zero-order valence-corrected chi connectivity index (χ0v) is 10.3. The maximum absolute atomic E-state index is 5.63. The van der Waals surface area contributed by atoms with Crippen molar-refractivity contribution in [1.82, 2.24) is 5.43 Å². The Morgan fingerprint density at radius 1 is 1.50 bits per heavy atom. The summed E-state index contributed by atoms with van der Waals surface area (Å²) in [6.07, 6.45) is 8.92. The minimum atomic E-state index is 0.546. The number of hydrazine groups is 1. The summed E-state index contributed by atoms with van der Waals surface area (Å²) in [5.41, 5.74) is 3.01. The third-order valence-corrected chi connectivity index (χ3v) is 4.04. The standard InChI is InChI=1S/C11H24N2S/c1-9-4-3-5-10(8-9)11(13-12)6-7-14-2/h9-11,13H,3-8,12H2,1-2H3. The van der Waals surface area contributed by atoms with Gasteiger partial charge in [-0.2, -0.15) is 11.8 Å². The average molecular weight is 216 g/mol. The van der Waals surface area contributed by atoms with Crippen molar-refractivity contribution in [2.75, 3.05) is 12.0 Å². The summed E-state index contributed by atoms with van der Waals surface area (Å²) in [4.78, 5) is 0. The van der Waals surface area contributed by atoms with Crippen LogP contribution in [0.1, 0.15) is 39.0 Å². The van der Waals surface area contributed by atoms with E-state index >= 15 is 0 Å². The summed E-state index contributed by atoms with van der Waals surface area (Å²) < 4.78 is 0. The van der Waals surface area contributed by atoms with Crippen molar-refractivity contribution >= 4 is 11.8 Å². The number of nitrogens with two attached hydrogens (primary N) is 1. The Bertz CT molecular complexity index is 152. The molecule has 3 N–H and O–H groups in total. The molecule has 1 rings (SSSR count). The summed E-state index contributed by atoms with van der Waals surface area (Å²) in [5.74, 6) is 8.57. The van der Waals surface area contributed by atoms with Gasteiger partial charge in [0.2, 0.25) is 0 Å². The zero-order valence-electron chi connectivity index (χ0n) is 9.46. The van der Waals surface area contributed by atoms with Gasteiger partial charge in [-0.3, -0.25) is 11.3 Å². The molecule has 3 unspecified atom stereocenters. The number of thioether (sulfide) groups is 1. The topological polar surface area (TPSA) is 38.0 Å². The van der Waals surface area contributed by atoms with Crippen molar-refractivity contribution in [1.29, 1.82) is 0 Å². The molecule has 2 nitrogen and oxygen atoms in total. The van der Waals surface area contributed by atoms with Crippen molar-refractivity contribution in [3.05, 3.63) is 0 Å². The van der Waals surface area contributed by atoms with Crippen LogP contribution in [-0.4, -0.2) is 18.1 Å². The first-order valence-electron chi connectivity index (χ1n) is 5.73. The van der Waals surface area contributed by atoms with E-state index in [1.54, 1.807) is 0 Å². The van der Waals surface area contributed by atoms with Crippen molar-refractivity contribution in [3.63, 3.8) is 0 Å². The lowest BCUT2D eigenvalue weighted by Gasteiger charge is -2.32. The number of rotatable bonds is 5. The summed E-state index contributed by atoms with van der Waals surface area (Å²) in [6.45, 7) is 2.37. The normalized spacial score (nSPS) is 30.2. The molecule has 0 bridgehead atoms. The zero-order chi connectivity index (χ0) is 10.4. The largest absolute Gasteiger partial charge is 0.271 e. The molecule has 1 saturated carbocycles. The molecule has 0 aromatic heterocycles. The molecular weight excluding hydrogens is 192 g/mol. The van der Waals surface area contributed by atoms with Gasteiger partial charge < -0.3 is 0 Å². The van der Waals surface area contributed by atoms with Crippen LogP contribution in [0.25, 0.3) is 0 Å². The molecule has 1 aliphatic carbocycles. The SMILES string of the molecule is CSCCC(NN)C1CCCC(C)C1. The molecule has 14 heavy (non-hydrogen) atoms. The van der Waals surface area contributed by atoms with Crippen molar-refractivity contribution < 1.29 is 0 Å². The van der Waals surface area contributed by atoms with Gasteiger partial charge in [0.05, 0.1) is 0 Å². The van der Waals surface area contributed by atoms with E-state index in [-0.39, 0.29) is 0 Å². The highest BCUT2D eigenvalue weighted by atomic mass is 32.2. The highest BCUT2D eigenvalue weighted by molar-refractivity contribution is 7.98. The molecule has 84 valence electrons. The van der Waals surface area contributed by atoms with Crippen LogP contribution in [0.4, 0.5) is 0 Å². The average Bonchev–Trinajstić information content (AvgIpc) is 2.19. The van der Waals surface area contributed by atoms with Crippen molar-refractivity contribution in [2.24, 2.45) is 17.7 Å². The molecule has 0 aliphatic heterocycles. The van der Waals surface area contributed by atoms with Gasteiger partial charge in [-0.25, -0.2) is 0 Å². The second-order valence-electron chi connectivity index (χ2n) is 4.59. The predicted molar refractivity (Wildman–Crippen MR) is 65.2 cm³/mol. The van der Waals surface area contributed by atoms with Gasteiger partial charge in [-0.05, 0) is 43.1 Å². The molecule has 0 aromatic carbocycles. The second-order valence-corrected chi connectivity index (χ2v) is 5.57. The van der Waals surface area contributed by atoms with Crippen LogP contribution in [0, 0.1) is 11.8 Å². The monoisotopic (exact) mass is 216 g/mol. The van der Waals surface area contributed by atoms with Crippen molar-refractivity contribution in [2.45, 2.75) is 45.1 Å². The van der Waals surface area contributed by atoms with E-state index in [4.69, 9.17) is 5.84 Å². The lowest BCUT2D eigenvalue weighted by molar-refractivity contribution is 0.220. The number of hydrogen-bond donors (Lipinski definition) is 2. The lowest BCUT2D eigenvalue weighted by atomic mass is 9.78. The summed E-state index contributed by atoms with van der Waals surface area (Å²) in [7, 11) is 0. The van der Waals surface area contributed by atoms with Crippen LogP contribution < -0.4 is 11.3 Å². The Morgan fingerprint density at radius 2 is 2.29 bits per heavy atom. The predicted octanol–water partition coefficient (Wildman–Crippen LogP) is 2.40. The van der Waals surface area contributed by atoms with E-state index in [0.29, 0.717) is 6.04 Å². The highest BCUT2D eigenvalue weighted by Crippen LogP contribution is 2.31. The van der Waals surface area contributed by atoms with Gasteiger partial charge in [0.1, 0.15) is 0 Å². The van der Waals surface area contributed by atoms with Crippen LogP contribution in [-0.2, 0) is 0 Å². The van der Waals surface area contributed by atoms with Crippen LogP contribution >= 0.6 is 11.8 Å². The fraction of sp³-hybridized carbons (Fsp3) is 1.00. The molecule has 0 spiro atoms. The molecular formula is C11H24N2S. The Kier molecular flexibility index (Phi) is 5.90. The van der Waals surface area contributed by atoms with Gasteiger partial charge >= 0.3 is 0 Å². The first-order chi connectivity index (χ1) is 6.77. The highest BCUT2D eigenvalue weighted by Gasteiger charge is 2.25. The summed E-state index contributed by atoms with van der Waals surface area (Å²) in [6, 6.07) is 0.546. The number of nitrogens with one attached hydrogen (secondary N) is 1. The molecule has 0 amide bonds. The molecule has 3 heteroatoms. The van der Waals surface area contributed by atoms with Gasteiger partial charge in [0, 0.05) is 6.04 Å². The Balaban J connectivity index is 2.34. The second kappa shape index (κ2) is 6.70. The quantitative estimate of drug-likeness (QED) is 0.547. The first kappa shape index (κ1) is 12.3. The van der Waals surface area contributed by atoms with Crippen LogP contribution in [0.3, 0.4) is 0 Å². The van der Waals surface area contributed by atoms with E-state index in [1.807, 2.05) is 11.8 Å². The Morgan fingerprint density at radius 3 is 2.86 bits per heavy atom. The third kappa shape index (κ3) is 3.79. The van der Waals surface area contributed by atoms with Crippen LogP contribution in [0.15, 0.2) is 0 Å². The van der Waals surface area contributed by atoms with Gasteiger partial charge in [0.15, 0.2) is 0 Å². The van der Waals surface area contributed by atoms with E-state index < -0.39 is 0 Å². The minimum Gasteiger partial charge on any atom is -0.271 e. The van der Waals surface area contributed by atoms with Gasteiger partial charge in [-0.1, -0.05) is 19.8 Å². The van der Waals surface area contributed by atoms with Crippen molar-refractivity contribution in [3.8, 4) is 0 Å². The summed E-state index contributed by atoms with van der Waals surface area (Å²) in [5, 5.41) is 0. The Labute approximate surface area is 92.4 Å². The van der Waals surface area contributed by atoms with E-state index in [1.165, 1.54) is 37.9 Å². The van der Waals surface area contributed by atoms with Gasteiger partial charge in [-0.15, -0.1) is 0 Å². The lowest BCUT2D eigenvalue weighted by Crippen LogP contribution is -2.42. The third-order valence-electron chi connectivity index (χ3n) is 3.39. The van der Waals surface area contributed by atoms with Gasteiger partial charge in [0.25, 0.3) is 0 Å². The van der Waals surface area contributed by atoms with Crippen LogP contribution in [0.2, 0.25) is 0 Å². The fourth-order valence-electron chi connectivity index (χ4n) is 2.55. The molecule has 0 radical (unpaired) electrons.